The Morgan fingerprint density at radius 1 is 1.16 bits per heavy atom. The predicted molar refractivity (Wildman–Crippen MR) is 100.0 cm³/mol. The highest BCUT2D eigenvalue weighted by Crippen LogP contribution is 2.29. The highest BCUT2D eigenvalue weighted by Gasteiger charge is 2.13. The van der Waals surface area contributed by atoms with Crippen LogP contribution in [0.2, 0.25) is 5.02 Å². The fourth-order valence-electron chi connectivity index (χ4n) is 2.63. The van der Waals surface area contributed by atoms with Crippen LogP contribution in [0.4, 0.5) is 0 Å². The Kier molecular flexibility index (Phi) is 4.83. The lowest BCUT2D eigenvalue weighted by molar-refractivity contribution is 0.0997. The fraction of sp³-hybridized carbons (Fsp3) is 0.222. The third-order valence-corrected chi connectivity index (χ3v) is 5.52. The van der Waals surface area contributed by atoms with E-state index >= 15 is 0 Å². The number of carbonyl (C=O) groups is 1. The van der Waals surface area contributed by atoms with Crippen LogP contribution >= 0.6 is 22.9 Å². The van der Waals surface area contributed by atoms with Gasteiger partial charge in [0.1, 0.15) is 0 Å². The lowest BCUT2D eigenvalue weighted by atomic mass is 10.2. The van der Waals surface area contributed by atoms with E-state index in [-0.39, 0.29) is 5.91 Å². The molecule has 0 aliphatic carbocycles. The summed E-state index contributed by atoms with van der Waals surface area (Å²) in [7, 11) is 4.95. The molecule has 0 saturated carbocycles. The lowest BCUT2D eigenvalue weighted by Gasteiger charge is -2.07. The van der Waals surface area contributed by atoms with Gasteiger partial charge in [-0.25, -0.2) is 0 Å². The van der Waals surface area contributed by atoms with Crippen LogP contribution in [0.15, 0.2) is 35.3 Å². The number of ether oxygens (including phenoxy) is 2. The molecule has 0 unspecified atom stereocenters. The number of halogens is 1. The highest BCUT2D eigenvalue weighted by molar-refractivity contribution is 7.17. The number of benzene rings is 2. The van der Waals surface area contributed by atoms with Gasteiger partial charge in [-0.3, -0.25) is 4.79 Å². The van der Waals surface area contributed by atoms with E-state index in [0.717, 1.165) is 15.8 Å². The van der Waals surface area contributed by atoms with Crippen LogP contribution in [0.3, 0.4) is 0 Å². The Bertz CT molecular complexity index is 1040. The number of rotatable bonds is 3. The molecule has 0 aliphatic heterocycles. The summed E-state index contributed by atoms with van der Waals surface area (Å²) in [4.78, 5) is 17.4. The van der Waals surface area contributed by atoms with Crippen LogP contribution in [-0.2, 0) is 7.05 Å². The van der Waals surface area contributed by atoms with Crippen molar-refractivity contribution < 1.29 is 14.3 Å². The van der Waals surface area contributed by atoms with Gasteiger partial charge in [-0.05, 0) is 36.8 Å². The molecular formula is C18H17ClN2O3S. The first kappa shape index (κ1) is 17.5. The molecule has 0 fully saturated rings. The number of amides is 1. The molecule has 1 aromatic heterocycles. The van der Waals surface area contributed by atoms with Gasteiger partial charge >= 0.3 is 0 Å². The zero-order valence-corrected chi connectivity index (χ0v) is 15.9. The molecule has 0 aliphatic rings. The van der Waals surface area contributed by atoms with Gasteiger partial charge in [0.05, 0.1) is 29.5 Å². The maximum atomic E-state index is 12.6. The van der Waals surface area contributed by atoms with E-state index in [9.17, 15) is 4.79 Å². The molecule has 130 valence electrons. The summed E-state index contributed by atoms with van der Waals surface area (Å²) in [5.74, 6) is 0.703. The van der Waals surface area contributed by atoms with Crippen LogP contribution in [-0.4, -0.2) is 24.7 Å². The van der Waals surface area contributed by atoms with E-state index in [4.69, 9.17) is 21.1 Å². The molecular weight excluding hydrogens is 360 g/mol. The quantitative estimate of drug-likeness (QED) is 0.695. The second-order valence-electron chi connectivity index (χ2n) is 5.47. The summed E-state index contributed by atoms with van der Waals surface area (Å²) in [6.45, 7) is 2.01. The third kappa shape index (κ3) is 3.15. The van der Waals surface area contributed by atoms with Crippen LogP contribution in [0, 0.1) is 6.92 Å². The molecule has 0 spiro atoms. The summed E-state index contributed by atoms with van der Waals surface area (Å²) < 4.78 is 13.2. The number of methoxy groups -OCH3 is 2. The molecule has 0 saturated heterocycles. The third-order valence-electron chi connectivity index (χ3n) is 3.93. The van der Waals surface area contributed by atoms with E-state index in [2.05, 4.69) is 4.99 Å². The van der Waals surface area contributed by atoms with Gasteiger partial charge in [0.15, 0.2) is 16.3 Å². The second-order valence-corrected chi connectivity index (χ2v) is 6.86. The van der Waals surface area contributed by atoms with Gasteiger partial charge in [0.25, 0.3) is 5.91 Å². The van der Waals surface area contributed by atoms with Crippen molar-refractivity contribution in [3.63, 3.8) is 0 Å². The molecule has 3 aromatic rings. The molecule has 1 amide bonds. The number of aromatic nitrogens is 1. The maximum absolute atomic E-state index is 12.6. The minimum absolute atomic E-state index is 0.350. The first-order valence-electron chi connectivity index (χ1n) is 7.52. The molecule has 0 N–H and O–H groups in total. The van der Waals surface area contributed by atoms with E-state index < -0.39 is 0 Å². The summed E-state index contributed by atoms with van der Waals surface area (Å²) >= 11 is 7.67. The molecule has 0 bridgehead atoms. The summed E-state index contributed by atoms with van der Waals surface area (Å²) in [6, 6.07) is 8.79. The number of aryl methyl sites for hydroxylation is 2. The first-order valence-corrected chi connectivity index (χ1v) is 8.71. The Balaban J connectivity index is 2.11. The minimum atomic E-state index is -0.350. The molecule has 0 atom stereocenters. The van der Waals surface area contributed by atoms with Gasteiger partial charge in [-0.15, -0.1) is 0 Å². The monoisotopic (exact) mass is 376 g/mol. The summed E-state index contributed by atoms with van der Waals surface area (Å²) in [5.41, 5.74) is 2.49. The molecule has 1 heterocycles. The molecule has 25 heavy (non-hydrogen) atoms. The van der Waals surface area contributed by atoms with Crippen molar-refractivity contribution in [1.82, 2.24) is 4.57 Å². The van der Waals surface area contributed by atoms with Crippen molar-refractivity contribution in [2.75, 3.05) is 14.2 Å². The lowest BCUT2D eigenvalue weighted by Crippen LogP contribution is -2.13. The average Bonchev–Trinajstić information content (AvgIpc) is 2.95. The smallest absolute Gasteiger partial charge is 0.279 e. The minimum Gasteiger partial charge on any atom is -0.493 e. The molecule has 0 radical (unpaired) electrons. The van der Waals surface area contributed by atoms with Crippen molar-refractivity contribution >= 4 is 39.1 Å². The largest absolute Gasteiger partial charge is 0.493 e. The van der Waals surface area contributed by atoms with Gasteiger partial charge in [0.2, 0.25) is 0 Å². The second kappa shape index (κ2) is 6.90. The standard InChI is InChI=1S/C18H17ClN2O3S/c1-10-5-7-12(19)16-15(10)21(2)18(25-16)20-17(22)11-6-8-13(23-3)14(9-11)24-4/h5-9H,1-4H3. The van der Waals surface area contributed by atoms with E-state index in [0.29, 0.717) is 26.9 Å². The zero-order chi connectivity index (χ0) is 18.1. The first-order chi connectivity index (χ1) is 12.0. The number of hydrogen-bond donors (Lipinski definition) is 0. The van der Waals surface area contributed by atoms with E-state index in [1.165, 1.54) is 18.4 Å². The molecule has 2 aromatic carbocycles. The number of nitrogens with zero attached hydrogens (tertiary/aromatic N) is 2. The average molecular weight is 377 g/mol. The summed E-state index contributed by atoms with van der Waals surface area (Å²) in [6.07, 6.45) is 0. The van der Waals surface area contributed by atoms with Gasteiger partial charge in [0, 0.05) is 12.6 Å². The maximum Gasteiger partial charge on any atom is 0.279 e. The van der Waals surface area contributed by atoms with Crippen LogP contribution < -0.4 is 14.3 Å². The number of fused-ring (bicyclic) bond motifs is 1. The Morgan fingerprint density at radius 2 is 1.88 bits per heavy atom. The fourth-order valence-corrected chi connectivity index (χ4v) is 4.00. The summed E-state index contributed by atoms with van der Waals surface area (Å²) in [5, 5.41) is 0.654. The highest BCUT2D eigenvalue weighted by atomic mass is 35.5. The van der Waals surface area contributed by atoms with Crippen LogP contribution in [0.1, 0.15) is 15.9 Å². The Hall–Kier alpha value is -2.31. The SMILES string of the molecule is COc1ccc(C(=O)N=c2sc3c(Cl)ccc(C)c3n2C)cc1OC. The molecule has 3 rings (SSSR count). The van der Waals surface area contributed by atoms with Crippen molar-refractivity contribution in [3.05, 3.63) is 51.3 Å². The number of carbonyl (C=O) groups excluding carboxylic acids is 1. The molecule has 7 heteroatoms. The Morgan fingerprint density at radius 3 is 2.52 bits per heavy atom. The van der Waals surface area contributed by atoms with Gasteiger partial charge < -0.3 is 14.0 Å². The van der Waals surface area contributed by atoms with Gasteiger partial charge in [-0.1, -0.05) is 29.0 Å². The van der Waals surface area contributed by atoms with Crippen molar-refractivity contribution in [1.29, 1.82) is 0 Å². The predicted octanol–water partition coefficient (Wildman–Crippen LogP) is 3.96. The van der Waals surface area contributed by atoms with Crippen LogP contribution in [0.5, 0.6) is 11.5 Å². The van der Waals surface area contributed by atoms with Crippen molar-refractivity contribution in [2.24, 2.45) is 12.0 Å². The van der Waals surface area contributed by atoms with Crippen LogP contribution in [0.25, 0.3) is 10.2 Å². The normalized spacial score (nSPS) is 11.8. The number of hydrogen-bond acceptors (Lipinski definition) is 4. The van der Waals surface area contributed by atoms with E-state index in [1.54, 1.807) is 25.3 Å². The van der Waals surface area contributed by atoms with Gasteiger partial charge in [-0.2, -0.15) is 4.99 Å². The van der Waals surface area contributed by atoms with Crippen molar-refractivity contribution in [3.8, 4) is 11.5 Å². The number of thiazole rings is 1. The van der Waals surface area contributed by atoms with E-state index in [1.807, 2.05) is 30.7 Å². The van der Waals surface area contributed by atoms with Crippen molar-refractivity contribution in [2.45, 2.75) is 6.92 Å². The molecule has 5 nitrogen and oxygen atoms in total. The topological polar surface area (TPSA) is 52.8 Å². The zero-order valence-electron chi connectivity index (χ0n) is 14.3. The Labute approximate surface area is 154 Å².